The molecule has 1 unspecified atom stereocenters. The van der Waals surface area contributed by atoms with Crippen molar-refractivity contribution in [3.8, 4) is 0 Å². The lowest BCUT2D eigenvalue weighted by atomic mass is 10.1. The minimum atomic E-state index is -1.12. The van der Waals surface area contributed by atoms with Crippen molar-refractivity contribution < 1.29 is 13.8 Å². The molecule has 0 aromatic rings. The molecule has 13 heavy (non-hydrogen) atoms. The van der Waals surface area contributed by atoms with Crippen LogP contribution in [0.3, 0.4) is 0 Å². The summed E-state index contributed by atoms with van der Waals surface area (Å²) in [6.07, 6.45) is 2.54. The van der Waals surface area contributed by atoms with Crippen molar-refractivity contribution in [3.63, 3.8) is 0 Å². The zero-order valence-electron chi connectivity index (χ0n) is 7.10. The molecule has 1 saturated heterocycles. The third kappa shape index (κ3) is 1.07. The molecule has 0 aliphatic carbocycles. The highest BCUT2D eigenvalue weighted by Gasteiger charge is 2.44. The molecule has 0 saturated carbocycles. The summed E-state index contributed by atoms with van der Waals surface area (Å²) in [5.74, 6) is -0.0513. The summed E-state index contributed by atoms with van der Waals surface area (Å²) in [5.41, 5.74) is 0.447. The molecule has 70 valence electrons. The summed E-state index contributed by atoms with van der Waals surface area (Å²) in [6.45, 7) is 1.75. The molecule has 1 fully saturated rings. The fourth-order valence-corrected chi connectivity index (χ4v) is 3.08. The Labute approximate surface area is 78.0 Å². The molecule has 0 aromatic carbocycles. The molecular formula is C8H9NO3S. The molecule has 0 aromatic heterocycles. The zero-order chi connectivity index (χ0) is 9.59. The highest BCUT2D eigenvalue weighted by Crippen LogP contribution is 2.31. The van der Waals surface area contributed by atoms with E-state index in [1.54, 1.807) is 6.92 Å². The van der Waals surface area contributed by atoms with Crippen LogP contribution < -0.4 is 0 Å². The third-order valence-corrected chi connectivity index (χ3v) is 4.36. The molecule has 0 radical (unpaired) electrons. The van der Waals surface area contributed by atoms with Crippen molar-refractivity contribution in [1.82, 2.24) is 4.90 Å². The quantitative estimate of drug-likeness (QED) is 0.433. The summed E-state index contributed by atoms with van der Waals surface area (Å²) in [6, 6.07) is 0. The lowest BCUT2D eigenvalue weighted by Gasteiger charge is -2.42. The van der Waals surface area contributed by atoms with E-state index in [2.05, 4.69) is 0 Å². The first-order chi connectivity index (χ1) is 6.15. The van der Waals surface area contributed by atoms with Crippen LogP contribution in [-0.2, 0) is 20.4 Å². The van der Waals surface area contributed by atoms with Gasteiger partial charge in [-0.3, -0.25) is 13.8 Å². The molecule has 0 spiro atoms. The summed E-state index contributed by atoms with van der Waals surface area (Å²) >= 11 is 0. The topological polar surface area (TPSA) is 54.5 Å². The van der Waals surface area contributed by atoms with Gasteiger partial charge in [0.2, 0.25) is 5.91 Å². The Kier molecular flexibility index (Phi) is 1.83. The van der Waals surface area contributed by atoms with Gasteiger partial charge in [-0.15, -0.1) is 0 Å². The van der Waals surface area contributed by atoms with Gasteiger partial charge in [0.05, 0.1) is 22.5 Å². The van der Waals surface area contributed by atoms with Crippen LogP contribution in [0.2, 0.25) is 0 Å². The van der Waals surface area contributed by atoms with Crippen molar-refractivity contribution in [3.05, 3.63) is 11.8 Å². The van der Waals surface area contributed by atoms with Crippen LogP contribution in [0.5, 0.6) is 0 Å². The Hall–Kier alpha value is -0.970. The summed E-state index contributed by atoms with van der Waals surface area (Å²) < 4.78 is 11.6. The first-order valence-corrected chi connectivity index (χ1v) is 5.30. The molecule has 0 N–H and O–H groups in total. The molecule has 1 amide bonds. The lowest BCUT2D eigenvalue weighted by Crippen LogP contribution is -2.56. The van der Waals surface area contributed by atoms with E-state index in [1.807, 2.05) is 0 Å². The van der Waals surface area contributed by atoms with E-state index in [0.717, 1.165) is 0 Å². The largest absolute Gasteiger partial charge is 0.303 e. The fraction of sp³-hybridized carbons (Fsp3) is 0.500. The monoisotopic (exact) mass is 199 g/mol. The maximum Gasteiger partial charge on any atom is 0.230 e. The van der Waals surface area contributed by atoms with Crippen LogP contribution in [0.1, 0.15) is 13.3 Å². The van der Waals surface area contributed by atoms with Crippen LogP contribution in [0.4, 0.5) is 0 Å². The predicted octanol–water partition coefficient (Wildman–Crippen LogP) is -0.222. The van der Waals surface area contributed by atoms with E-state index in [9.17, 15) is 13.8 Å². The van der Waals surface area contributed by atoms with E-state index in [4.69, 9.17) is 0 Å². The Bertz CT molecular complexity index is 336. The Morgan fingerprint density at radius 1 is 1.69 bits per heavy atom. The molecule has 2 aliphatic rings. The Morgan fingerprint density at radius 2 is 2.38 bits per heavy atom. The first kappa shape index (κ1) is 8.62. The van der Waals surface area contributed by atoms with Gasteiger partial charge in [0.1, 0.15) is 11.7 Å². The number of fused-ring (bicyclic) bond motifs is 1. The number of aldehydes is 1. The zero-order valence-corrected chi connectivity index (χ0v) is 7.91. The maximum atomic E-state index is 11.6. The molecule has 4 nitrogen and oxygen atoms in total. The second-order valence-corrected chi connectivity index (χ2v) is 5.09. The van der Waals surface area contributed by atoms with Crippen LogP contribution in [-0.4, -0.2) is 31.9 Å². The van der Waals surface area contributed by atoms with E-state index in [0.29, 0.717) is 18.3 Å². The van der Waals surface area contributed by atoms with Gasteiger partial charge in [0.15, 0.2) is 0 Å². The molecule has 2 rings (SSSR count). The van der Waals surface area contributed by atoms with Gasteiger partial charge in [-0.05, 0) is 6.92 Å². The van der Waals surface area contributed by atoms with Crippen LogP contribution in [0.15, 0.2) is 11.8 Å². The number of amides is 1. The number of rotatable bonds is 1. The molecule has 5 heteroatoms. The van der Waals surface area contributed by atoms with Crippen LogP contribution in [0.25, 0.3) is 0 Å². The van der Waals surface area contributed by atoms with Gasteiger partial charge < -0.3 is 4.90 Å². The predicted molar refractivity (Wildman–Crippen MR) is 47.0 cm³/mol. The first-order valence-electron chi connectivity index (χ1n) is 4.02. The Morgan fingerprint density at radius 3 is 2.92 bits per heavy atom. The number of β-lactam (4-membered cyclic amide) rings is 1. The summed E-state index contributed by atoms with van der Waals surface area (Å²) in [4.78, 5) is 23.0. The summed E-state index contributed by atoms with van der Waals surface area (Å²) in [5, 5.41) is -0.432. The van der Waals surface area contributed by atoms with E-state index in [1.165, 1.54) is 11.1 Å². The van der Waals surface area contributed by atoms with Crippen LogP contribution >= 0.6 is 0 Å². The SMILES string of the molecule is C[C@@H]1C(C=O)=CN2C(=O)C[C@@H]2S1=O. The molecule has 2 heterocycles. The summed E-state index contributed by atoms with van der Waals surface area (Å²) in [7, 11) is -1.12. The highest BCUT2D eigenvalue weighted by atomic mass is 32.2. The second-order valence-electron chi connectivity index (χ2n) is 3.18. The van der Waals surface area contributed by atoms with E-state index < -0.39 is 10.8 Å². The number of carbonyl (C=O) groups excluding carboxylic acids is 2. The molecule has 3 atom stereocenters. The van der Waals surface area contributed by atoms with Crippen LogP contribution in [0, 0.1) is 0 Å². The fourth-order valence-electron chi connectivity index (χ4n) is 1.51. The molecular weight excluding hydrogens is 190 g/mol. The second kappa shape index (κ2) is 2.77. The lowest BCUT2D eigenvalue weighted by molar-refractivity contribution is -0.137. The number of hydrogen-bond acceptors (Lipinski definition) is 3. The van der Waals surface area contributed by atoms with Crippen molar-refractivity contribution >= 4 is 23.0 Å². The van der Waals surface area contributed by atoms with Crippen molar-refractivity contribution in [2.24, 2.45) is 0 Å². The number of nitrogens with zero attached hydrogens (tertiary/aromatic N) is 1. The molecule has 2 aliphatic heterocycles. The average Bonchev–Trinajstić information content (AvgIpc) is 2.12. The minimum Gasteiger partial charge on any atom is -0.303 e. The van der Waals surface area contributed by atoms with Crippen molar-refractivity contribution in [2.75, 3.05) is 0 Å². The van der Waals surface area contributed by atoms with Crippen molar-refractivity contribution in [1.29, 1.82) is 0 Å². The van der Waals surface area contributed by atoms with E-state index in [-0.39, 0.29) is 16.5 Å². The van der Waals surface area contributed by atoms with E-state index >= 15 is 0 Å². The van der Waals surface area contributed by atoms with Crippen molar-refractivity contribution in [2.45, 2.75) is 24.0 Å². The smallest absolute Gasteiger partial charge is 0.230 e. The number of carbonyl (C=O) groups is 2. The normalized spacial score (nSPS) is 37.6. The standard InChI is InChI=1S/C8H9NO3S/c1-5-6(4-10)3-9-7(11)2-8(9)13(5)12/h3-5,8H,2H2,1H3/t5-,8+,13?/m1/s1. The molecule has 0 bridgehead atoms. The maximum absolute atomic E-state index is 11.6. The van der Waals surface area contributed by atoms with Gasteiger partial charge in [-0.2, -0.15) is 0 Å². The highest BCUT2D eigenvalue weighted by molar-refractivity contribution is 7.86. The van der Waals surface area contributed by atoms with Gasteiger partial charge in [0, 0.05) is 11.8 Å². The third-order valence-electron chi connectivity index (χ3n) is 2.46. The number of hydrogen-bond donors (Lipinski definition) is 0. The Balaban J connectivity index is 2.36. The average molecular weight is 199 g/mol. The van der Waals surface area contributed by atoms with Gasteiger partial charge in [-0.25, -0.2) is 0 Å². The van der Waals surface area contributed by atoms with Gasteiger partial charge in [-0.1, -0.05) is 0 Å². The van der Waals surface area contributed by atoms with Gasteiger partial charge in [0.25, 0.3) is 0 Å². The van der Waals surface area contributed by atoms with Gasteiger partial charge >= 0.3 is 0 Å². The minimum absolute atomic E-state index is 0.0513.